The van der Waals surface area contributed by atoms with Gasteiger partial charge in [-0.15, -0.1) is 0 Å². The standard InChI is InChI=1S/C36H44O7/c1-22-7-12-26-23(2)20-36(43-31(26)17-22)21-35(3,4)34(29(39)15-10-24-8-13-27(37)32(18-24)40-5)30(42-36)16-11-25-9-14-28(38)33(19-25)41-6/h8-9,11,13-14,16-19,23,26,31,37-38H,7,10,12,15,20-21H2,1-6H3/b16-11+/t23-,26+,31+,36-/m0/s1. The maximum absolute atomic E-state index is 14.0. The average molecular weight is 589 g/mol. The number of allylic oxidation sites excluding steroid dienone is 3. The molecule has 2 aromatic carbocycles. The van der Waals surface area contributed by atoms with E-state index in [1.54, 1.807) is 30.3 Å². The van der Waals surface area contributed by atoms with Crippen LogP contribution in [0.5, 0.6) is 23.0 Å². The van der Waals surface area contributed by atoms with E-state index >= 15 is 0 Å². The van der Waals surface area contributed by atoms with E-state index in [2.05, 4.69) is 33.8 Å². The molecule has 5 rings (SSSR count). The number of aromatic hydroxyl groups is 2. The first-order valence-electron chi connectivity index (χ1n) is 15.2. The second kappa shape index (κ2) is 12.1. The average Bonchev–Trinajstić information content (AvgIpc) is 2.95. The lowest BCUT2D eigenvalue weighted by atomic mass is 9.68. The number of benzene rings is 2. The van der Waals surface area contributed by atoms with E-state index in [0.29, 0.717) is 47.5 Å². The third-order valence-electron chi connectivity index (χ3n) is 9.18. The fourth-order valence-electron chi connectivity index (χ4n) is 7.14. The van der Waals surface area contributed by atoms with Crippen molar-refractivity contribution in [3.05, 3.63) is 76.6 Å². The minimum Gasteiger partial charge on any atom is -0.504 e. The summed E-state index contributed by atoms with van der Waals surface area (Å²) < 4.78 is 24.2. The topological polar surface area (TPSA) is 94.5 Å². The highest BCUT2D eigenvalue weighted by molar-refractivity contribution is 5.98. The van der Waals surface area contributed by atoms with E-state index < -0.39 is 11.2 Å². The van der Waals surface area contributed by atoms with Crippen LogP contribution in [0.25, 0.3) is 6.08 Å². The van der Waals surface area contributed by atoms with Crippen molar-refractivity contribution in [1.82, 2.24) is 0 Å². The summed E-state index contributed by atoms with van der Waals surface area (Å²) in [4.78, 5) is 14.0. The van der Waals surface area contributed by atoms with Gasteiger partial charge in [-0.3, -0.25) is 4.79 Å². The zero-order valence-corrected chi connectivity index (χ0v) is 26.1. The number of hydrogen-bond donors (Lipinski definition) is 2. The van der Waals surface area contributed by atoms with Crippen LogP contribution < -0.4 is 9.47 Å². The first kappa shape index (κ1) is 30.7. The van der Waals surface area contributed by atoms with Crippen molar-refractivity contribution in [2.75, 3.05) is 14.2 Å². The van der Waals surface area contributed by atoms with Gasteiger partial charge in [-0.2, -0.15) is 0 Å². The van der Waals surface area contributed by atoms with E-state index in [4.69, 9.17) is 18.9 Å². The molecule has 0 saturated carbocycles. The van der Waals surface area contributed by atoms with Gasteiger partial charge in [0.25, 0.3) is 0 Å². The number of methoxy groups -OCH3 is 2. The quantitative estimate of drug-likeness (QED) is 0.308. The van der Waals surface area contributed by atoms with Crippen LogP contribution >= 0.6 is 0 Å². The highest BCUT2D eigenvalue weighted by atomic mass is 16.7. The van der Waals surface area contributed by atoms with Crippen LogP contribution in [0.15, 0.2) is 65.5 Å². The zero-order chi connectivity index (χ0) is 30.9. The fraction of sp³-hybridized carbons (Fsp3) is 0.472. The summed E-state index contributed by atoms with van der Waals surface area (Å²) >= 11 is 0. The molecule has 1 fully saturated rings. The molecule has 4 atom stereocenters. The molecule has 2 N–H and O–H groups in total. The van der Waals surface area contributed by atoms with Gasteiger partial charge in [0.2, 0.25) is 5.79 Å². The van der Waals surface area contributed by atoms with Gasteiger partial charge in [0, 0.05) is 30.3 Å². The smallest absolute Gasteiger partial charge is 0.212 e. The molecule has 0 amide bonds. The number of carbonyl (C=O) groups excluding carboxylic acids is 1. The molecule has 0 bridgehead atoms. The highest BCUT2D eigenvalue weighted by Gasteiger charge is 2.54. The molecule has 1 aliphatic carbocycles. The van der Waals surface area contributed by atoms with Gasteiger partial charge in [0.05, 0.1) is 20.3 Å². The summed E-state index contributed by atoms with van der Waals surface area (Å²) in [5, 5.41) is 20.1. The molecule has 2 aliphatic heterocycles. The lowest BCUT2D eigenvalue weighted by molar-refractivity contribution is -0.294. The van der Waals surface area contributed by atoms with Crippen LogP contribution in [-0.2, 0) is 20.7 Å². The van der Waals surface area contributed by atoms with Crippen molar-refractivity contribution in [3.8, 4) is 23.0 Å². The van der Waals surface area contributed by atoms with Gasteiger partial charge in [-0.1, -0.05) is 50.6 Å². The van der Waals surface area contributed by atoms with Gasteiger partial charge >= 0.3 is 0 Å². The second-order valence-electron chi connectivity index (χ2n) is 13.0. The van der Waals surface area contributed by atoms with Crippen LogP contribution in [0.2, 0.25) is 0 Å². The van der Waals surface area contributed by atoms with Gasteiger partial charge in [0.1, 0.15) is 5.76 Å². The molecule has 2 heterocycles. The number of rotatable bonds is 8. The van der Waals surface area contributed by atoms with E-state index in [9.17, 15) is 15.0 Å². The van der Waals surface area contributed by atoms with Gasteiger partial charge in [-0.05, 0) is 79.5 Å². The largest absolute Gasteiger partial charge is 0.504 e. The number of fused-ring (bicyclic) bond motifs is 1. The van der Waals surface area contributed by atoms with Crippen LogP contribution in [0.4, 0.5) is 0 Å². The molecular formula is C36H44O7. The van der Waals surface area contributed by atoms with Crippen molar-refractivity contribution < 1.29 is 34.0 Å². The Morgan fingerprint density at radius 3 is 2.47 bits per heavy atom. The SMILES string of the molecule is COc1cc(/C=C/C2=C(C(=O)CCc3ccc(O)c(OC)c3)C(C)(C)C[C@@]3(C[C@H](C)[C@H]4CCC(C)=C[C@H]4O3)O2)ccc1O. The maximum Gasteiger partial charge on any atom is 0.212 e. The summed E-state index contributed by atoms with van der Waals surface area (Å²) in [5.41, 5.74) is 3.17. The Balaban J connectivity index is 1.50. The molecular weight excluding hydrogens is 544 g/mol. The van der Waals surface area contributed by atoms with Crippen LogP contribution in [0, 0.1) is 17.3 Å². The lowest BCUT2D eigenvalue weighted by Gasteiger charge is -2.53. The molecule has 7 heteroatoms. The summed E-state index contributed by atoms with van der Waals surface area (Å²) in [6.45, 7) is 8.67. The van der Waals surface area contributed by atoms with Crippen molar-refractivity contribution >= 4 is 11.9 Å². The molecule has 3 aliphatic rings. The minimum atomic E-state index is -0.849. The Morgan fingerprint density at radius 1 is 1.05 bits per heavy atom. The third-order valence-corrected chi connectivity index (χ3v) is 9.18. The number of aryl methyl sites for hydroxylation is 1. The number of ether oxygens (including phenoxy) is 4. The van der Waals surface area contributed by atoms with Crippen molar-refractivity contribution in [2.45, 2.75) is 78.1 Å². The Morgan fingerprint density at radius 2 is 1.74 bits per heavy atom. The molecule has 0 aromatic heterocycles. The Hall–Kier alpha value is -3.71. The number of phenolic OH excluding ortho intramolecular Hbond substituents is 2. The fourth-order valence-corrected chi connectivity index (χ4v) is 7.14. The Bertz CT molecular complexity index is 1470. The monoisotopic (exact) mass is 588 g/mol. The van der Waals surface area contributed by atoms with E-state index in [-0.39, 0.29) is 29.8 Å². The molecule has 2 aromatic rings. The van der Waals surface area contributed by atoms with Gasteiger partial charge in [-0.25, -0.2) is 0 Å². The Labute approximate surface area is 254 Å². The predicted molar refractivity (Wildman–Crippen MR) is 166 cm³/mol. The summed E-state index contributed by atoms with van der Waals surface area (Å²) in [6.07, 6.45) is 10.3. The van der Waals surface area contributed by atoms with E-state index in [1.165, 1.54) is 19.8 Å². The summed E-state index contributed by atoms with van der Waals surface area (Å²) in [5.74, 6) is 1.41. The summed E-state index contributed by atoms with van der Waals surface area (Å²) in [7, 11) is 3.02. The van der Waals surface area contributed by atoms with E-state index in [0.717, 1.165) is 30.4 Å². The third kappa shape index (κ3) is 6.47. The first-order chi connectivity index (χ1) is 20.4. The van der Waals surface area contributed by atoms with Crippen LogP contribution in [0.3, 0.4) is 0 Å². The summed E-state index contributed by atoms with van der Waals surface area (Å²) in [6, 6.07) is 10.3. The normalized spacial score (nSPS) is 26.6. The lowest BCUT2D eigenvalue weighted by Crippen LogP contribution is -2.54. The molecule has 0 unspecified atom stereocenters. The first-order valence-corrected chi connectivity index (χ1v) is 15.2. The maximum atomic E-state index is 14.0. The predicted octanol–water partition coefficient (Wildman–Crippen LogP) is 7.51. The van der Waals surface area contributed by atoms with Crippen LogP contribution in [0.1, 0.15) is 70.9 Å². The number of hydrogen-bond acceptors (Lipinski definition) is 7. The molecule has 230 valence electrons. The second-order valence-corrected chi connectivity index (χ2v) is 13.0. The highest BCUT2D eigenvalue weighted by Crippen LogP contribution is 2.53. The zero-order valence-electron chi connectivity index (χ0n) is 26.1. The molecule has 7 nitrogen and oxygen atoms in total. The van der Waals surface area contributed by atoms with Gasteiger partial charge in [0.15, 0.2) is 28.8 Å². The Kier molecular flexibility index (Phi) is 8.66. The molecule has 43 heavy (non-hydrogen) atoms. The number of phenols is 2. The van der Waals surface area contributed by atoms with Crippen molar-refractivity contribution in [3.63, 3.8) is 0 Å². The molecule has 1 spiro atoms. The van der Waals surface area contributed by atoms with Gasteiger partial charge < -0.3 is 29.2 Å². The number of ketones is 1. The van der Waals surface area contributed by atoms with E-state index in [1.807, 2.05) is 18.2 Å². The van der Waals surface area contributed by atoms with Crippen LogP contribution in [-0.4, -0.2) is 42.1 Å². The number of carbonyl (C=O) groups is 1. The molecule has 0 radical (unpaired) electrons. The van der Waals surface area contributed by atoms with Crippen molar-refractivity contribution in [2.24, 2.45) is 17.3 Å². The minimum absolute atomic E-state index is 0.00460. The number of Topliss-reactive ketones (excluding diaryl/α,β-unsaturated/α-hetero) is 1. The van der Waals surface area contributed by atoms with Crippen molar-refractivity contribution in [1.29, 1.82) is 0 Å². The molecule has 1 saturated heterocycles.